The Hall–Kier alpha value is -2.53. The summed E-state index contributed by atoms with van der Waals surface area (Å²) < 4.78 is 10.4. The number of rotatable bonds is 8. The summed E-state index contributed by atoms with van der Waals surface area (Å²) in [4.78, 5) is 11.9. The highest BCUT2D eigenvalue weighted by molar-refractivity contribution is 5.93. The van der Waals surface area contributed by atoms with Gasteiger partial charge in [-0.05, 0) is 43.3 Å². The van der Waals surface area contributed by atoms with E-state index >= 15 is 0 Å². The van der Waals surface area contributed by atoms with Crippen LogP contribution in [0.25, 0.3) is 0 Å². The maximum Gasteiger partial charge on any atom is 0.243 e. The molecular formula is C18H22N2O3. The van der Waals surface area contributed by atoms with Crippen molar-refractivity contribution in [1.29, 1.82) is 0 Å². The van der Waals surface area contributed by atoms with Crippen molar-refractivity contribution in [3.63, 3.8) is 0 Å². The molecule has 23 heavy (non-hydrogen) atoms. The number of carbonyl (C=O) groups is 1. The first kappa shape index (κ1) is 16.8. The van der Waals surface area contributed by atoms with E-state index in [0.717, 1.165) is 22.7 Å². The maximum atomic E-state index is 11.9. The Morgan fingerprint density at radius 2 is 1.61 bits per heavy atom. The normalized spacial score (nSPS) is 10.2. The Morgan fingerprint density at radius 1 is 0.957 bits per heavy atom. The monoisotopic (exact) mass is 314 g/mol. The predicted octanol–water partition coefficient (Wildman–Crippen LogP) is 3.07. The smallest absolute Gasteiger partial charge is 0.243 e. The quantitative estimate of drug-likeness (QED) is 0.735. The van der Waals surface area contributed by atoms with Gasteiger partial charge in [0, 0.05) is 18.5 Å². The van der Waals surface area contributed by atoms with Crippen molar-refractivity contribution in [2.75, 3.05) is 37.5 Å². The van der Waals surface area contributed by atoms with E-state index in [9.17, 15) is 4.79 Å². The van der Waals surface area contributed by atoms with Gasteiger partial charge in [0.05, 0.1) is 13.2 Å². The largest absolute Gasteiger partial charge is 0.491 e. The number of benzene rings is 2. The fraction of sp³-hybridized carbons (Fsp3) is 0.278. The molecule has 0 aliphatic heterocycles. The van der Waals surface area contributed by atoms with Gasteiger partial charge in [-0.25, -0.2) is 0 Å². The first-order valence-corrected chi connectivity index (χ1v) is 7.49. The number of amides is 1. The minimum Gasteiger partial charge on any atom is -0.491 e. The van der Waals surface area contributed by atoms with E-state index in [1.165, 1.54) is 0 Å². The lowest BCUT2D eigenvalue weighted by atomic mass is 10.2. The summed E-state index contributed by atoms with van der Waals surface area (Å²) in [6.07, 6.45) is 0. The minimum atomic E-state index is -0.0886. The average Bonchev–Trinajstić information content (AvgIpc) is 2.56. The number of nitrogens with one attached hydrogen (secondary N) is 2. The number of anilines is 2. The van der Waals surface area contributed by atoms with E-state index in [-0.39, 0.29) is 12.5 Å². The van der Waals surface area contributed by atoms with E-state index in [0.29, 0.717) is 13.2 Å². The summed E-state index contributed by atoms with van der Waals surface area (Å²) >= 11 is 0. The van der Waals surface area contributed by atoms with Gasteiger partial charge in [-0.2, -0.15) is 0 Å². The molecule has 2 aromatic rings. The van der Waals surface area contributed by atoms with Crippen LogP contribution in [-0.4, -0.2) is 32.8 Å². The molecule has 0 aromatic heterocycles. The summed E-state index contributed by atoms with van der Waals surface area (Å²) in [5.74, 6) is 0.686. The summed E-state index contributed by atoms with van der Waals surface area (Å²) in [6, 6.07) is 15.2. The third-order valence-corrected chi connectivity index (χ3v) is 3.20. The molecule has 2 aromatic carbocycles. The zero-order chi connectivity index (χ0) is 16.5. The zero-order valence-electron chi connectivity index (χ0n) is 13.5. The number of hydrogen-bond acceptors (Lipinski definition) is 4. The highest BCUT2D eigenvalue weighted by Gasteiger charge is 2.02. The van der Waals surface area contributed by atoms with E-state index in [2.05, 4.69) is 10.6 Å². The van der Waals surface area contributed by atoms with Crippen LogP contribution in [0.5, 0.6) is 5.75 Å². The minimum absolute atomic E-state index is 0.0886. The fourth-order valence-electron chi connectivity index (χ4n) is 1.94. The summed E-state index contributed by atoms with van der Waals surface area (Å²) in [7, 11) is 1.64. The molecule has 0 saturated heterocycles. The lowest BCUT2D eigenvalue weighted by Gasteiger charge is -2.09. The van der Waals surface area contributed by atoms with E-state index in [1.54, 1.807) is 7.11 Å². The molecule has 0 radical (unpaired) electrons. The van der Waals surface area contributed by atoms with Crippen LogP contribution in [-0.2, 0) is 9.53 Å². The standard InChI is InChI=1S/C18H22N2O3/c1-14-3-5-16(6-4-14)20-18(21)13-19-15-7-9-17(10-8-15)23-12-11-22-2/h3-10,19H,11-13H2,1-2H3,(H,20,21). The van der Waals surface area contributed by atoms with Gasteiger partial charge in [0.1, 0.15) is 12.4 Å². The molecule has 5 heteroatoms. The van der Waals surface area contributed by atoms with Gasteiger partial charge >= 0.3 is 0 Å². The van der Waals surface area contributed by atoms with Gasteiger partial charge < -0.3 is 20.1 Å². The van der Waals surface area contributed by atoms with Crippen molar-refractivity contribution in [2.24, 2.45) is 0 Å². The second kappa shape index (κ2) is 8.80. The van der Waals surface area contributed by atoms with Crippen molar-refractivity contribution < 1.29 is 14.3 Å². The van der Waals surface area contributed by atoms with Crippen molar-refractivity contribution in [3.05, 3.63) is 54.1 Å². The Morgan fingerprint density at radius 3 is 2.26 bits per heavy atom. The van der Waals surface area contributed by atoms with Crippen LogP contribution in [0.3, 0.4) is 0 Å². The lowest BCUT2D eigenvalue weighted by Crippen LogP contribution is -2.21. The van der Waals surface area contributed by atoms with Gasteiger partial charge in [0.2, 0.25) is 5.91 Å². The molecule has 0 spiro atoms. The summed E-state index contributed by atoms with van der Waals surface area (Å²) in [6.45, 7) is 3.29. The van der Waals surface area contributed by atoms with E-state index < -0.39 is 0 Å². The average molecular weight is 314 g/mol. The molecule has 0 unspecified atom stereocenters. The van der Waals surface area contributed by atoms with Crippen LogP contribution in [0.1, 0.15) is 5.56 Å². The summed E-state index contributed by atoms with van der Waals surface area (Å²) in [5.41, 5.74) is 2.82. The Labute approximate surface area is 136 Å². The third kappa shape index (κ3) is 6.00. The third-order valence-electron chi connectivity index (χ3n) is 3.20. The predicted molar refractivity (Wildman–Crippen MR) is 92.1 cm³/mol. The molecule has 2 N–H and O–H groups in total. The molecule has 0 fully saturated rings. The van der Waals surface area contributed by atoms with Gasteiger partial charge in [-0.1, -0.05) is 17.7 Å². The van der Waals surface area contributed by atoms with Crippen LogP contribution in [0, 0.1) is 6.92 Å². The molecule has 5 nitrogen and oxygen atoms in total. The number of aryl methyl sites for hydroxylation is 1. The molecule has 0 aliphatic carbocycles. The molecular weight excluding hydrogens is 292 g/mol. The van der Waals surface area contributed by atoms with E-state index in [4.69, 9.17) is 9.47 Å². The number of ether oxygens (including phenoxy) is 2. The van der Waals surface area contributed by atoms with Gasteiger partial charge in [0.25, 0.3) is 0 Å². The van der Waals surface area contributed by atoms with Gasteiger partial charge in [-0.15, -0.1) is 0 Å². The van der Waals surface area contributed by atoms with Crippen LogP contribution in [0.4, 0.5) is 11.4 Å². The Bertz CT molecular complexity index is 609. The molecule has 0 bridgehead atoms. The Kier molecular flexibility index (Phi) is 6.44. The zero-order valence-corrected chi connectivity index (χ0v) is 13.5. The molecule has 0 saturated carbocycles. The summed E-state index contributed by atoms with van der Waals surface area (Å²) in [5, 5.41) is 5.92. The van der Waals surface area contributed by atoms with Crippen LogP contribution in [0.2, 0.25) is 0 Å². The number of carbonyl (C=O) groups excluding carboxylic acids is 1. The van der Waals surface area contributed by atoms with Crippen molar-refractivity contribution >= 4 is 17.3 Å². The van der Waals surface area contributed by atoms with Crippen molar-refractivity contribution in [3.8, 4) is 5.75 Å². The molecule has 0 atom stereocenters. The van der Waals surface area contributed by atoms with Gasteiger partial charge in [-0.3, -0.25) is 4.79 Å². The molecule has 0 heterocycles. The second-order valence-electron chi connectivity index (χ2n) is 5.13. The van der Waals surface area contributed by atoms with Gasteiger partial charge in [0.15, 0.2) is 0 Å². The SMILES string of the molecule is COCCOc1ccc(NCC(=O)Nc2ccc(C)cc2)cc1. The molecule has 122 valence electrons. The number of methoxy groups -OCH3 is 1. The fourth-order valence-corrected chi connectivity index (χ4v) is 1.94. The highest BCUT2D eigenvalue weighted by atomic mass is 16.5. The second-order valence-corrected chi connectivity index (χ2v) is 5.13. The molecule has 1 amide bonds. The van der Waals surface area contributed by atoms with E-state index in [1.807, 2.05) is 55.5 Å². The van der Waals surface area contributed by atoms with Crippen molar-refractivity contribution in [1.82, 2.24) is 0 Å². The molecule has 2 rings (SSSR count). The van der Waals surface area contributed by atoms with Crippen LogP contribution in [0.15, 0.2) is 48.5 Å². The highest BCUT2D eigenvalue weighted by Crippen LogP contribution is 2.15. The molecule has 0 aliphatic rings. The van der Waals surface area contributed by atoms with Crippen molar-refractivity contribution in [2.45, 2.75) is 6.92 Å². The first-order chi connectivity index (χ1) is 11.2. The van der Waals surface area contributed by atoms with Crippen LogP contribution >= 0.6 is 0 Å². The Balaban J connectivity index is 1.76. The van der Waals surface area contributed by atoms with Crippen LogP contribution < -0.4 is 15.4 Å². The lowest BCUT2D eigenvalue weighted by molar-refractivity contribution is -0.114. The topological polar surface area (TPSA) is 59.6 Å². The first-order valence-electron chi connectivity index (χ1n) is 7.49. The number of hydrogen-bond donors (Lipinski definition) is 2. The maximum absolute atomic E-state index is 11.9.